The van der Waals surface area contributed by atoms with Crippen molar-refractivity contribution < 1.29 is 14.1 Å². The molecule has 0 saturated heterocycles. The molecule has 0 aliphatic heterocycles. The fraction of sp³-hybridized carbons (Fsp3) is 0.133. The molecular formula is C15H14O3S. The zero-order chi connectivity index (χ0) is 13.8. The van der Waals surface area contributed by atoms with E-state index in [0.29, 0.717) is 10.5 Å². The number of rotatable bonds is 4. The van der Waals surface area contributed by atoms with Crippen LogP contribution in [0.25, 0.3) is 0 Å². The lowest BCUT2D eigenvalue weighted by molar-refractivity contribution is -0.136. The molecule has 0 fully saturated rings. The molecule has 0 saturated carbocycles. The van der Waals surface area contributed by atoms with E-state index in [0.717, 1.165) is 5.56 Å². The van der Waals surface area contributed by atoms with Gasteiger partial charge >= 0.3 is 5.97 Å². The van der Waals surface area contributed by atoms with Gasteiger partial charge in [-0.3, -0.25) is 9.00 Å². The van der Waals surface area contributed by atoms with Gasteiger partial charge in [-0.1, -0.05) is 48.0 Å². The molecule has 0 aliphatic carbocycles. The highest BCUT2D eigenvalue weighted by molar-refractivity contribution is 7.86. The highest BCUT2D eigenvalue weighted by atomic mass is 32.2. The second-order valence-electron chi connectivity index (χ2n) is 4.24. The van der Waals surface area contributed by atoms with E-state index >= 15 is 0 Å². The molecule has 0 amide bonds. The lowest BCUT2D eigenvalue weighted by Gasteiger charge is -2.12. The summed E-state index contributed by atoms with van der Waals surface area (Å²) in [6.45, 7) is 1.93. The minimum atomic E-state index is -1.61. The van der Waals surface area contributed by atoms with Crippen molar-refractivity contribution in [2.24, 2.45) is 0 Å². The summed E-state index contributed by atoms with van der Waals surface area (Å²) in [6.07, 6.45) is 0. The van der Waals surface area contributed by atoms with E-state index in [1.54, 1.807) is 42.5 Å². The summed E-state index contributed by atoms with van der Waals surface area (Å²) in [7, 11) is -1.61. The van der Waals surface area contributed by atoms with E-state index in [-0.39, 0.29) is 0 Å². The molecule has 19 heavy (non-hydrogen) atoms. The third-order valence-corrected chi connectivity index (χ3v) is 4.43. The summed E-state index contributed by atoms with van der Waals surface area (Å²) in [5, 5.41) is 8.28. The van der Waals surface area contributed by atoms with Crippen molar-refractivity contribution >= 4 is 16.8 Å². The summed E-state index contributed by atoms with van der Waals surface area (Å²) < 4.78 is 12.4. The van der Waals surface area contributed by atoms with Crippen molar-refractivity contribution in [3.8, 4) is 0 Å². The minimum absolute atomic E-state index is 0.529. The fourth-order valence-electron chi connectivity index (χ4n) is 1.79. The molecule has 0 aliphatic rings. The van der Waals surface area contributed by atoms with Crippen molar-refractivity contribution in [2.45, 2.75) is 17.1 Å². The van der Waals surface area contributed by atoms with Gasteiger partial charge in [-0.05, 0) is 24.6 Å². The molecule has 1 N–H and O–H groups in total. The molecule has 0 spiro atoms. The third-order valence-electron chi connectivity index (χ3n) is 2.79. The van der Waals surface area contributed by atoms with Crippen molar-refractivity contribution in [3.05, 3.63) is 65.7 Å². The molecular weight excluding hydrogens is 260 g/mol. The van der Waals surface area contributed by atoms with Crippen LogP contribution in [0.1, 0.15) is 16.4 Å². The molecule has 2 aromatic rings. The third kappa shape index (κ3) is 3.09. The van der Waals surface area contributed by atoms with Crippen LogP contribution in [0.2, 0.25) is 0 Å². The molecule has 2 unspecified atom stereocenters. The molecule has 98 valence electrons. The van der Waals surface area contributed by atoms with E-state index in [2.05, 4.69) is 0 Å². The van der Waals surface area contributed by atoms with E-state index in [4.69, 9.17) is 0 Å². The first-order chi connectivity index (χ1) is 9.09. The van der Waals surface area contributed by atoms with Crippen molar-refractivity contribution in [3.63, 3.8) is 0 Å². The zero-order valence-electron chi connectivity index (χ0n) is 10.4. The second-order valence-corrected chi connectivity index (χ2v) is 5.78. The number of carbonyl (C=O) groups is 1. The number of benzene rings is 2. The molecule has 4 heteroatoms. The topological polar surface area (TPSA) is 54.4 Å². The van der Waals surface area contributed by atoms with Gasteiger partial charge in [0.15, 0.2) is 5.25 Å². The van der Waals surface area contributed by atoms with E-state index in [9.17, 15) is 14.1 Å². The van der Waals surface area contributed by atoms with Gasteiger partial charge in [0.25, 0.3) is 0 Å². The molecule has 2 aromatic carbocycles. The lowest BCUT2D eigenvalue weighted by atomic mass is 10.1. The van der Waals surface area contributed by atoms with E-state index in [1.165, 1.54) is 0 Å². The SMILES string of the molecule is Cc1ccc(S(=O)C(C(=O)O)c2ccccc2)cc1. The largest absolute Gasteiger partial charge is 0.480 e. The van der Waals surface area contributed by atoms with Crippen LogP contribution in [0.4, 0.5) is 0 Å². The van der Waals surface area contributed by atoms with Gasteiger partial charge < -0.3 is 5.11 Å². The van der Waals surface area contributed by atoms with E-state index < -0.39 is 22.0 Å². The van der Waals surface area contributed by atoms with Gasteiger partial charge in [-0.15, -0.1) is 0 Å². The molecule has 2 atom stereocenters. The average molecular weight is 274 g/mol. The number of hydrogen-bond acceptors (Lipinski definition) is 2. The molecule has 2 rings (SSSR count). The minimum Gasteiger partial charge on any atom is -0.480 e. The summed E-state index contributed by atoms with van der Waals surface area (Å²) in [4.78, 5) is 11.9. The Labute approximate surface area is 114 Å². The number of aryl methyl sites for hydroxylation is 1. The maximum absolute atomic E-state index is 12.4. The Morgan fingerprint density at radius 3 is 2.16 bits per heavy atom. The van der Waals surface area contributed by atoms with Crippen LogP contribution >= 0.6 is 0 Å². The first-order valence-electron chi connectivity index (χ1n) is 5.84. The Balaban J connectivity index is 2.38. The second kappa shape index (κ2) is 5.80. The zero-order valence-corrected chi connectivity index (χ0v) is 11.3. The Morgan fingerprint density at radius 2 is 1.63 bits per heavy atom. The van der Waals surface area contributed by atoms with Gasteiger partial charge in [0.1, 0.15) is 0 Å². The number of hydrogen-bond donors (Lipinski definition) is 1. The maximum atomic E-state index is 12.4. The van der Waals surface area contributed by atoms with Crippen LogP contribution in [0.3, 0.4) is 0 Å². The van der Waals surface area contributed by atoms with Gasteiger partial charge in [0.05, 0.1) is 10.8 Å². The summed E-state index contributed by atoms with van der Waals surface area (Å²) in [5.41, 5.74) is 1.60. The quantitative estimate of drug-likeness (QED) is 0.932. The van der Waals surface area contributed by atoms with Crippen LogP contribution in [0.15, 0.2) is 59.5 Å². The first kappa shape index (κ1) is 13.5. The Hall–Kier alpha value is -1.94. The Kier molecular flexibility index (Phi) is 4.12. The normalized spacial score (nSPS) is 13.7. The summed E-state index contributed by atoms with van der Waals surface area (Å²) in [6, 6.07) is 15.8. The van der Waals surface area contributed by atoms with Crippen molar-refractivity contribution in [2.75, 3.05) is 0 Å². The smallest absolute Gasteiger partial charge is 0.324 e. The standard InChI is InChI=1S/C15H14O3S/c1-11-7-9-13(10-8-11)19(18)14(15(16)17)12-5-3-2-4-6-12/h2-10,14H,1H3,(H,16,17). The Morgan fingerprint density at radius 1 is 1.05 bits per heavy atom. The number of aliphatic carboxylic acids is 1. The van der Waals surface area contributed by atoms with Gasteiger partial charge in [-0.2, -0.15) is 0 Å². The monoisotopic (exact) mass is 274 g/mol. The summed E-state index contributed by atoms with van der Waals surface area (Å²) in [5.74, 6) is -1.08. The molecule has 3 nitrogen and oxygen atoms in total. The summed E-state index contributed by atoms with van der Waals surface area (Å²) >= 11 is 0. The lowest BCUT2D eigenvalue weighted by Crippen LogP contribution is -2.17. The maximum Gasteiger partial charge on any atom is 0.324 e. The fourth-order valence-corrected chi connectivity index (χ4v) is 3.06. The van der Waals surface area contributed by atoms with Crippen LogP contribution < -0.4 is 0 Å². The number of carboxylic acid groups (broad SMARTS) is 1. The highest BCUT2D eigenvalue weighted by Gasteiger charge is 2.27. The predicted octanol–water partition coefficient (Wildman–Crippen LogP) is 2.93. The average Bonchev–Trinajstić information content (AvgIpc) is 2.40. The predicted molar refractivity (Wildman–Crippen MR) is 74.4 cm³/mol. The van der Waals surface area contributed by atoms with Crippen LogP contribution in [-0.2, 0) is 15.6 Å². The molecule has 0 aromatic heterocycles. The Bertz CT molecular complexity index is 591. The van der Waals surface area contributed by atoms with Crippen LogP contribution in [-0.4, -0.2) is 15.3 Å². The molecule has 0 bridgehead atoms. The molecule has 0 heterocycles. The van der Waals surface area contributed by atoms with Crippen LogP contribution in [0, 0.1) is 6.92 Å². The van der Waals surface area contributed by atoms with Crippen molar-refractivity contribution in [1.29, 1.82) is 0 Å². The van der Waals surface area contributed by atoms with Gasteiger partial charge in [0.2, 0.25) is 0 Å². The van der Waals surface area contributed by atoms with E-state index in [1.807, 2.05) is 19.1 Å². The van der Waals surface area contributed by atoms with Gasteiger partial charge in [0, 0.05) is 4.90 Å². The van der Waals surface area contributed by atoms with Crippen LogP contribution in [0.5, 0.6) is 0 Å². The highest BCUT2D eigenvalue weighted by Crippen LogP contribution is 2.25. The first-order valence-corrected chi connectivity index (χ1v) is 7.06. The number of carboxylic acids is 1. The van der Waals surface area contributed by atoms with Crippen molar-refractivity contribution in [1.82, 2.24) is 0 Å². The van der Waals surface area contributed by atoms with Gasteiger partial charge in [-0.25, -0.2) is 0 Å². The molecule has 0 radical (unpaired) electrons.